The van der Waals surface area contributed by atoms with E-state index in [1.54, 1.807) is 12.1 Å². The molecule has 0 amide bonds. The van der Waals surface area contributed by atoms with Crippen molar-refractivity contribution in [2.75, 3.05) is 0 Å². The maximum Gasteiger partial charge on any atom is 0.141 e. The molecule has 0 saturated heterocycles. The monoisotopic (exact) mass is 298 g/mol. The van der Waals surface area contributed by atoms with Crippen LogP contribution in [0.15, 0.2) is 30.3 Å². The molecule has 5 heteroatoms. The van der Waals surface area contributed by atoms with E-state index in [1.807, 2.05) is 19.9 Å². The molecule has 19 heavy (non-hydrogen) atoms. The molecule has 100 valence electrons. The second-order valence-electron chi connectivity index (χ2n) is 4.91. The topological polar surface area (TPSA) is 38.9 Å². The highest BCUT2D eigenvalue weighted by molar-refractivity contribution is 6.31. The summed E-state index contributed by atoms with van der Waals surface area (Å²) in [6.07, 6.45) is 0. The van der Waals surface area contributed by atoms with Crippen LogP contribution >= 0.6 is 23.2 Å². The van der Waals surface area contributed by atoms with Gasteiger partial charge in [-0.1, -0.05) is 23.2 Å². The molecule has 1 heterocycles. The van der Waals surface area contributed by atoms with E-state index in [0.29, 0.717) is 16.4 Å². The van der Waals surface area contributed by atoms with Crippen molar-refractivity contribution in [3.63, 3.8) is 0 Å². The minimum absolute atomic E-state index is 0.0489. The van der Waals surface area contributed by atoms with Gasteiger partial charge in [0.05, 0.1) is 10.7 Å². The summed E-state index contributed by atoms with van der Waals surface area (Å²) in [6, 6.07) is 7.97. The van der Waals surface area contributed by atoms with Gasteiger partial charge in [0.15, 0.2) is 0 Å². The molecule has 0 atom stereocenters. The third-order valence-corrected chi connectivity index (χ3v) is 3.24. The van der Waals surface area contributed by atoms with E-state index in [2.05, 4.69) is 4.98 Å². The van der Waals surface area contributed by atoms with Gasteiger partial charge in [0.2, 0.25) is 0 Å². The summed E-state index contributed by atoms with van der Waals surface area (Å²) in [5.41, 5.74) is 7.68. The van der Waals surface area contributed by atoms with Crippen LogP contribution in [0.1, 0.15) is 19.4 Å². The van der Waals surface area contributed by atoms with Crippen molar-refractivity contribution in [1.82, 2.24) is 4.98 Å². The quantitative estimate of drug-likeness (QED) is 0.835. The lowest BCUT2D eigenvalue weighted by Crippen LogP contribution is -2.28. The van der Waals surface area contributed by atoms with Crippen molar-refractivity contribution in [2.45, 2.75) is 19.4 Å². The fraction of sp³-hybridized carbons (Fsp3) is 0.214. The zero-order chi connectivity index (χ0) is 14.2. The summed E-state index contributed by atoms with van der Waals surface area (Å²) in [5.74, 6) is -0.466. The largest absolute Gasteiger partial charge is 0.322 e. The molecule has 0 aliphatic rings. The predicted molar refractivity (Wildman–Crippen MR) is 76.9 cm³/mol. The van der Waals surface area contributed by atoms with E-state index in [4.69, 9.17) is 28.9 Å². The lowest BCUT2D eigenvalue weighted by atomic mass is 9.95. The summed E-state index contributed by atoms with van der Waals surface area (Å²) in [5, 5.41) is 0.388. The van der Waals surface area contributed by atoms with Crippen molar-refractivity contribution < 1.29 is 4.39 Å². The number of nitrogens with two attached hydrogens (primary N) is 1. The van der Waals surface area contributed by atoms with E-state index in [9.17, 15) is 4.39 Å². The molecule has 2 nitrogen and oxygen atoms in total. The molecule has 0 bridgehead atoms. The number of aromatic nitrogens is 1. The normalized spacial score (nSPS) is 11.7. The summed E-state index contributed by atoms with van der Waals surface area (Å²) in [6.45, 7) is 3.75. The number of pyridine rings is 1. The number of hydrogen-bond acceptors (Lipinski definition) is 2. The van der Waals surface area contributed by atoms with Crippen LogP contribution < -0.4 is 5.73 Å². The molecule has 0 spiro atoms. The highest BCUT2D eigenvalue weighted by Crippen LogP contribution is 2.28. The molecule has 2 N–H and O–H groups in total. The Labute approximate surface area is 121 Å². The van der Waals surface area contributed by atoms with Crippen molar-refractivity contribution >= 4 is 23.2 Å². The number of nitrogens with zero attached hydrogens (tertiary/aromatic N) is 1. The van der Waals surface area contributed by atoms with E-state index in [1.165, 1.54) is 12.1 Å². The van der Waals surface area contributed by atoms with Gasteiger partial charge in [0, 0.05) is 11.1 Å². The summed E-state index contributed by atoms with van der Waals surface area (Å²) < 4.78 is 13.2. The molecule has 1 aromatic heterocycles. The average Bonchev–Trinajstić information content (AvgIpc) is 2.31. The second kappa shape index (κ2) is 5.08. The lowest BCUT2D eigenvalue weighted by molar-refractivity contribution is 0.554. The Bertz CT molecular complexity index is 621. The van der Waals surface area contributed by atoms with Gasteiger partial charge in [-0.2, -0.15) is 0 Å². The highest BCUT2D eigenvalue weighted by atomic mass is 35.5. The van der Waals surface area contributed by atoms with Crippen LogP contribution in [0.5, 0.6) is 0 Å². The predicted octanol–water partition coefficient (Wildman–Crippen LogP) is 4.39. The Morgan fingerprint density at radius 3 is 2.42 bits per heavy atom. The van der Waals surface area contributed by atoms with Crippen molar-refractivity contribution in [1.29, 1.82) is 0 Å². The first-order chi connectivity index (χ1) is 8.77. The fourth-order valence-electron chi connectivity index (χ4n) is 1.67. The molecular weight excluding hydrogens is 286 g/mol. The zero-order valence-corrected chi connectivity index (χ0v) is 12.1. The number of halogens is 3. The Morgan fingerprint density at radius 1 is 1.16 bits per heavy atom. The van der Waals surface area contributed by atoms with E-state index >= 15 is 0 Å². The fourth-order valence-corrected chi connectivity index (χ4v) is 2.06. The Hall–Kier alpha value is -1.16. The summed E-state index contributed by atoms with van der Waals surface area (Å²) >= 11 is 11.8. The first-order valence-corrected chi connectivity index (χ1v) is 6.45. The van der Waals surface area contributed by atoms with Crippen LogP contribution in [0.3, 0.4) is 0 Å². The molecule has 0 fully saturated rings. The SMILES string of the molecule is CC(C)(N)c1cc(Cl)nc(-c2ccc(F)c(Cl)c2)c1. The molecule has 0 aliphatic heterocycles. The van der Waals surface area contributed by atoms with Crippen LogP contribution in [0.2, 0.25) is 10.2 Å². The maximum absolute atomic E-state index is 13.2. The standard InChI is InChI=1S/C14H13Cl2FN2/c1-14(2,18)9-6-12(19-13(16)7-9)8-3-4-11(17)10(15)5-8/h3-7H,18H2,1-2H3. The van der Waals surface area contributed by atoms with Crippen molar-refractivity contribution in [2.24, 2.45) is 5.73 Å². The number of hydrogen-bond donors (Lipinski definition) is 1. The molecular formula is C14H13Cl2FN2. The van der Waals surface area contributed by atoms with Crippen LogP contribution in [0, 0.1) is 5.82 Å². The van der Waals surface area contributed by atoms with E-state index in [0.717, 1.165) is 5.56 Å². The molecule has 0 radical (unpaired) electrons. The molecule has 0 aliphatic carbocycles. The van der Waals surface area contributed by atoms with Gasteiger partial charge in [-0.05, 0) is 49.7 Å². The third-order valence-electron chi connectivity index (χ3n) is 2.75. The van der Waals surface area contributed by atoms with Gasteiger partial charge < -0.3 is 5.73 Å². The Kier molecular flexibility index (Phi) is 3.81. The minimum atomic E-state index is -0.537. The molecule has 2 rings (SSSR count). The number of benzene rings is 1. The minimum Gasteiger partial charge on any atom is -0.322 e. The van der Waals surface area contributed by atoms with Crippen LogP contribution in [0.25, 0.3) is 11.3 Å². The Morgan fingerprint density at radius 2 is 1.84 bits per heavy atom. The molecule has 2 aromatic rings. The average molecular weight is 299 g/mol. The van der Waals surface area contributed by atoms with E-state index in [-0.39, 0.29) is 5.02 Å². The van der Waals surface area contributed by atoms with E-state index < -0.39 is 11.4 Å². The number of rotatable bonds is 2. The first kappa shape index (κ1) is 14.3. The lowest BCUT2D eigenvalue weighted by Gasteiger charge is -2.20. The molecule has 0 saturated carbocycles. The second-order valence-corrected chi connectivity index (χ2v) is 5.71. The van der Waals surface area contributed by atoms with Crippen molar-refractivity contribution in [3.8, 4) is 11.3 Å². The van der Waals surface area contributed by atoms with Crippen LogP contribution in [0.4, 0.5) is 4.39 Å². The van der Waals surface area contributed by atoms with Gasteiger partial charge in [-0.3, -0.25) is 0 Å². The van der Waals surface area contributed by atoms with Crippen LogP contribution in [-0.4, -0.2) is 4.98 Å². The van der Waals surface area contributed by atoms with Crippen LogP contribution in [-0.2, 0) is 5.54 Å². The molecule has 0 unspecified atom stereocenters. The van der Waals surface area contributed by atoms with Gasteiger partial charge >= 0.3 is 0 Å². The van der Waals surface area contributed by atoms with Gasteiger partial charge in [0.25, 0.3) is 0 Å². The first-order valence-electron chi connectivity index (χ1n) is 5.70. The zero-order valence-electron chi connectivity index (χ0n) is 10.5. The summed E-state index contributed by atoms with van der Waals surface area (Å²) in [7, 11) is 0. The van der Waals surface area contributed by atoms with Gasteiger partial charge in [0.1, 0.15) is 11.0 Å². The Balaban J connectivity index is 2.56. The molecule has 1 aromatic carbocycles. The van der Waals surface area contributed by atoms with Crippen molar-refractivity contribution in [3.05, 3.63) is 51.9 Å². The summed E-state index contributed by atoms with van der Waals surface area (Å²) in [4.78, 5) is 4.22. The highest BCUT2D eigenvalue weighted by Gasteiger charge is 2.17. The van der Waals surface area contributed by atoms with Gasteiger partial charge in [-0.25, -0.2) is 9.37 Å². The third kappa shape index (κ3) is 3.24. The van der Waals surface area contributed by atoms with Gasteiger partial charge in [-0.15, -0.1) is 0 Å². The smallest absolute Gasteiger partial charge is 0.141 e. The maximum atomic E-state index is 13.2.